The van der Waals surface area contributed by atoms with Gasteiger partial charge in [-0.05, 0) is 55.9 Å². The lowest BCUT2D eigenvalue weighted by atomic mass is 9.92. The lowest BCUT2D eigenvalue weighted by Gasteiger charge is -2.29. The molecular weight excluding hydrogens is 268 g/mol. The molecule has 6 atom stereocenters. The van der Waals surface area contributed by atoms with E-state index in [2.05, 4.69) is 5.32 Å². The maximum Gasteiger partial charge on any atom is 0.326 e. The summed E-state index contributed by atoms with van der Waals surface area (Å²) in [5.74, 6) is 0.921. The molecule has 21 heavy (non-hydrogen) atoms. The van der Waals surface area contributed by atoms with Crippen molar-refractivity contribution in [1.29, 1.82) is 0 Å². The van der Waals surface area contributed by atoms with Crippen molar-refractivity contribution >= 4 is 11.9 Å². The average molecular weight is 292 g/mol. The SMILES string of the molecule is O=C(O)C1C2CCCC2CN1C(=O)C1NCC2CCCC21. The molecule has 2 saturated heterocycles. The first-order valence-corrected chi connectivity index (χ1v) is 8.43. The summed E-state index contributed by atoms with van der Waals surface area (Å²) < 4.78 is 0. The summed E-state index contributed by atoms with van der Waals surface area (Å²) in [6.07, 6.45) is 6.72. The molecule has 6 unspecified atom stereocenters. The van der Waals surface area contributed by atoms with Gasteiger partial charge in [-0.2, -0.15) is 0 Å². The van der Waals surface area contributed by atoms with Crippen molar-refractivity contribution in [3.05, 3.63) is 0 Å². The highest BCUT2D eigenvalue weighted by Gasteiger charge is 2.52. The number of carboxylic acids is 1. The summed E-state index contributed by atoms with van der Waals surface area (Å²) in [6, 6.07) is -0.703. The Bertz CT molecular complexity index is 466. The molecule has 116 valence electrons. The van der Waals surface area contributed by atoms with E-state index < -0.39 is 12.0 Å². The Morgan fingerprint density at radius 3 is 2.48 bits per heavy atom. The second-order valence-corrected chi connectivity index (χ2v) is 7.37. The minimum absolute atomic E-state index is 0.0613. The third kappa shape index (κ3) is 2.00. The molecule has 4 fully saturated rings. The van der Waals surface area contributed by atoms with Gasteiger partial charge in [0, 0.05) is 6.54 Å². The Labute approximate surface area is 125 Å². The van der Waals surface area contributed by atoms with Crippen LogP contribution in [0, 0.1) is 23.7 Å². The normalized spacial score (nSPS) is 44.9. The van der Waals surface area contributed by atoms with E-state index in [1.165, 1.54) is 12.8 Å². The Balaban J connectivity index is 1.55. The van der Waals surface area contributed by atoms with Crippen LogP contribution in [0.4, 0.5) is 0 Å². The largest absolute Gasteiger partial charge is 0.480 e. The number of hydrogen-bond donors (Lipinski definition) is 2. The van der Waals surface area contributed by atoms with E-state index in [1.54, 1.807) is 4.90 Å². The van der Waals surface area contributed by atoms with Crippen LogP contribution >= 0.6 is 0 Å². The number of carbonyl (C=O) groups is 2. The summed E-state index contributed by atoms with van der Waals surface area (Å²) in [7, 11) is 0. The first-order valence-electron chi connectivity index (χ1n) is 8.43. The number of nitrogens with zero attached hydrogens (tertiary/aromatic N) is 1. The molecule has 0 radical (unpaired) electrons. The topological polar surface area (TPSA) is 69.6 Å². The second-order valence-electron chi connectivity index (χ2n) is 7.37. The molecule has 2 N–H and O–H groups in total. The van der Waals surface area contributed by atoms with Crippen LogP contribution in [0.5, 0.6) is 0 Å². The van der Waals surface area contributed by atoms with E-state index in [9.17, 15) is 14.7 Å². The van der Waals surface area contributed by atoms with Gasteiger partial charge >= 0.3 is 5.97 Å². The first-order chi connectivity index (χ1) is 10.2. The summed E-state index contributed by atoms with van der Waals surface area (Å²) in [5.41, 5.74) is 0. The maximum absolute atomic E-state index is 12.9. The number of carbonyl (C=O) groups excluding carboxylic acids is 1. The van der Waals surface area contributed by atoms with Crippen LogP contribution in [0.1, 0.15) is 38.5 Å². The number of carboxylic acid groups (broad SMARTS) is 1. The number of rotatable bonds is 2. The van der Waals surface area contributed by atoms with Crippen LogP contribution in [-0.2, 0) is 9.59 Å². The van der Waals surface area contributed by atoms with Gasteiger partial charge in [-0.15, -0.1) is 0 Å². The smallest absolute Gasteiger partial charge is 0.326 e. The molecule has 2 aliphatic heterocycles. The fraction of sp³-hybridized carbons (Fsp3) is 0.875. The molecule has 0 spiro atoms. The van der Waals surface area contributed by atoms with Crippen LogP contribution in [0.15, 0.2) is 0 Å². The van der Waals surface area contributed by atoms with Crippen LogP contribution < -0.4 is 5.32 Å². The molecule has 0 bridgehead atoms. The number of aliphatic carboxylic acids is 1. The zero-order chi connectivity index (χ0) is 14.6. The Morgan fingerprint density at radius 1 is 1.00 bits per heavy atom. The highest BCUT2D eigenvalue weighted by Crippen LogP contribution is 2.44. The molecule has 0 aromatic heterocycles. The quantitative estimate of drug-likeness (QED) is 0.799. The number of likely N-dealkylation sites (tertiary alicyclic amines) is 1. The Morgan fingerprint density at radius 2 is 1.71 bits per heavy atom. The van der Waals surface area contributed by atoms with E-state index in [0.29, 0.717) is 24.3 Å². The van der Waals surface area contributed by atoms with Gasteiger partial charge in [0.15, 0.2) is 0 Å². The van der Waals surface area contributed by atoms with E-state index >= 15 is 0 Å². The molecule has 0 aromatic carbocycles. The van der Waals surface area contributed by atoms with Gasteiger partial charge in [-0.1, -0.05) is 12.8 Å². The van der Waals surface area contributed by atoms with Gasteiger partial charge in [0.2, 0.25) is 5.91 Å². The minimum Gasteiger partial charge on any atom is -0.480 e. The van der Waals surface area contributed by atoms with Crippen molar-refractivity contribution in [2.45, 2.75) is 50.6 Å². The molecule has 2 aliphatic carbocycles. The zero-order valence-electron chi connectivity index (χ0n) is 12.3. The molecule has 4 rings (SSSR count). The molecule has 0 aromatic rings. The maximum atomic E-state index is 12.9. The van der Waals surface area contributed by atoms with Gasteiger partial charge in [0.25, 0.3) is 0 Å². The fourth-order valence-corrected chi connectivity index (χ4v) is 5.49. The van der Waals surface area contributed by atoms with Gasteiger partial charge in [0.1, 0.15) is 6.04 Å². The number of fused-ring (bicyclic) bond motifs is 2. The van der Waals surface area contributed by atoms with Crippen LogP contribution in [0.2, 0.25) is 0 Å². The summed E-state index contributed by atoms with van der Waals surface area (Å²) in [4.78, 5) is 26.3. The van der Waals surface area contributed by atoms with Gasteiger partial charge < -0.3 is 15.3 Å². The van der Waals surface area contributed by atoms with Crippen molar-refractivity contribution < 1.29 is 14.7 Å². The Hall–Kier alpha value is -1.10. The highest BCUT2D eigenvalue weighted by molar-refractivity contribution is 5.88. The van der Waals surface area contributed by atoms with Crippen LogP contribution in [0.25, 0.3) is 0 Å². The first kappa shape index (κ1) is 13.6. The average Bonchev–Trinajstić information content (AvgIpc) is 3.16. The van der Waals surface area contributed by atoms with Crippen LogP contribution in [0.3, 0.4) is 0 Å². The molecule has 5 heteroatoms. The van der Waals surface area contributed by atoms with Crippen molar-refractivity contribution in [3.63, 3.8) is 0 Å². The van der Waals surface area contributed by atoms with E-state index in [0.717, 1.165) is 32.2 Å². The molecule has 2 heterocycles. The molecule has 1 amide bonds. The third-order valence-corrected chi connectivity index (χ3v) is 6.44. The Kier molecular flexibility index (Phi) is 3.21. The van der Waals surface area contributed by atoms with Crippen LogP contribution in [-0.4, -0.2) is 47.1 Å². The summed E-state index contributed by atoms with van der Waals surface area (Å²) in [6.45, 7) is 1.59. The molecule has 2 saturated carbocycles. The molecular formula is C16H24N2O3. The zero-order valence-corrected chi connectivity index (χ0v) is 12.3. The minimum atomic E-state index is -0.807. The third-order valence-electron chi connectivity index (χ3n) is 6.44. The van der Waals surface area contributed by atoms with E-state index in [1.807, 2.05) is 0 Å². The lowest BCUT2D eigenvalue weighted by Crippen LogP contribution is -2.51. The second kappa shape index (κ2) is 4.97. The number of hydrogen-bond acceptors (Lipinski definition) is 3. The van der Waals surface area contributed by atoms with Crippen molar-refractivity contribution in [2.75, 3.05) is 13.1 Å². The number of amides is 1. The predicted molar refractivity (Wildman–Crippen MR) is 76.6 cm³/mol. The standard InChI is InChI=1S/C16H24N2O3/c19-15(13-11-5-1-3-9(11)7-17-13)18-8-10-4-2-6-12(10)14(18)16(20)21/h9-14,17H,1-8H2,(H,20,21). The highest BCUT2D eigenvalue weighted by atomic mass is 16.4. The molecule has 5 nitrogen and oxygen atoms in total. The summed E-state index contributed by atoms with van der Waals surface area (Å²) in [5, 5.41) is 13.0. The molecule has 4 aliphatic rings. The van der Waals surface area contributed by atoms with Gasteiger partial charge in [-0.3, -0.25) is 4.79 Å². The van der Waals surface area contributed by atoms with Crippen molar-refractivity contribution in [1.82, 2.24) is 10.2 Å². The van der Waals surface area contributed by atoms with E-state index in [4.69, 9.17) is 0 Å². The van der Waals surface area contributed by atoms with Crippen molar-refractivity contribution in [2.24, 2.45) is 23.7 Å². The predicted octanol–water partition coefficient (Wildman–Crippen LogP) is 1.09. The van der Waals surface area contributed by atoms with E-state index in [-0.39, 0.29) is 17.9 Å². The monoisotopic (exact) mass is 292 g/mol. The van der Waals surface area contributed by atoms with Gasteiger partial charge in [-0.25, -0.2) is 4.79 Å². The van der Waals surface area contributed by atoms with Gasteiger partial charge in [0.05, 0.1) is 6.04 Å². The fourth-order valence-electron chi connectivity index (χ4n) is 5.49. The lowest BCUT2D eigenvalue weighted by molar-refractivity contribution is -0.150. The summed E-state index contributed by atoms with van der Waals surface area (Å²) >= 11 is 0. The number of nitrogens with one attached hydrogen (secondary N) is 1. The van der Waals surface area contributed by atoms with Crippen molar-refractivity contribution in [3.8, 4) is 0 Å².